The molecule has 0 spiro atoms. The number of anilines is 1. The van der Waals surface area contributed by atoms with Crippen molar-refractivity contribution in [3.63, 3.8) is 0 Å². The van der Waals surface area contributed by atoms with Crippen molar-refractivity contribution in [1.29, 1.82) is 0 Å². The monoisotopic (exact) mass is 404 g/mol. The van der Waals surface area contributed by atoms with E-state index >= 15 is 0 Å². The molecule has 1 aromatic rings. The molecule has 1 atom stereocenters. The maximum atomic E-state index is 13.2. The highest BCUT2D eigenvalue weighted by atomic mass is 16.4. The van der Waals surface area contributed by atoms with E-state index < -0.39 is 17.8 Å². The molecule has 2 amide bonds. The molecule has 0 aromatic heterocycles. The lowest BCUT2D eigenvalue weighted by molar-refractivity contribution is -0.142. The van der Waals surface area contributed by atoms with Gasteiger partial charge in [-0.25, -0.2) is 0 Å². The Morgan fingerprint density at radius 3 is 2.17 bits per heavy atom. The summed E-state index contributed by atoms with van der Waals surface area (Å²) in [5.74, 6) is -2.69. The zero-order chi connectivity index (χ0) is 21.6. The lowest BCUT2D eigenvalue weighted by atomic mass is 9.99. The van der Waals surface area contributed by atoms with Crippen molar-refractivity contribution in [1.82, 2.24) is 4.90 Å². The van der Waals surface area contributed by atoms with Crippen LogP contribution < -0.4 is 5.32 Å². The Bertz CT molecular complexity index is 650. The molecule has 0 radical (unpaired) electrons. The van der Waals surface area contributed by atoms with E-state index in [1.807, 2.05) is 25.1 Å². The van der Waals surface area contributed by atoms with E-state index in [-0.39, 0.29) is 18.7 Å². The van der Waals surface area contributed by atoms with Crippen molar-refractivity contribution in [3.05, 3.63) is 29.8 Å². The summed E-state index contributed by atoms with van der Waals surface area (Å²) < 4.78 is 0. The molecule has 0 aliphatic carbocycles. The third kappa shape index (κ3) is 9.59. The summed E-state index contributed by atoms with van der Waals surface area (Å²) in [6.45, 7) is 7.35. The van der Waals surface area contributed by atoms with Crippen LogP contribution in [0.2, 0.25) is 0 Å². The zero-order valence-corrected chi connectivity index (χ0v) is 18.1. The van der Waals surface area contributed by atoms with E-state index in [1.54, 1.807) is 11.0 Å². The number of rotatable bonds is 14. The topological polar surface area (TPSA) is 86.7 Å². The number of carboxylic acids is 1. The minimum absolute atomic E-state index is 0.00384. The molecular weight excluding hydrogens is 368 g/mol. The van der Waals surface area contributed by atoms with Gasteiger partial charge in [0.25, 0.3) is 0 Å². The molecule has 162 valence electrons. The molecule has 1 aromatic carbocycles. The molecule has 6 nitrogen and oxygen atoms in total. The molecule has 6 heteroatoms. The molecule has 0 aliphatic heterocycles. The minimum Gasteiger partial charge on any atom is -0.481 e. The summed E-state index contributed by atoms with van der Waals surface area (Å²) in [6.07, 6.45) is 5.71. The predicted molar refractivity (Wildman–Crippen MR) is 116 cm³/mol. The van der Waals surface area contributed by atoms with Crippen LogP contribution >= 0.6 is 0 Å². The third-order valence-electron chi connectivity index (χ3n) is 4.92. The van der Waals surface area contributed by atoms with Crippen LogP contribution in [0.15, 0.2) is 24.3 Å². The fourth-order valence-corrected chi connectivity index (χ4v) is 3.24. The SMILES string of the molecule is CCCCCN(CCCCC)C(=O)C(CCC(=O)O)C(=O)Nc1cccc(C)c1. The Hall–Kier alpha value is -2.37. The molecule has 1 unspecified atom stereocenters. The van der Waals surface area contributed by atoms with E-state index in [1.165, 1.54) is 0 Å². The summed E-state index contributed by atoms with van der Waals surface area (Å²) in [5.41, 5.74) is 1.61. The average Bonchev–Trinajstić information content (AvgIpc) is 2.66. The summed E-state index contributed by atoms with van der Waals surface area (Å²) in [5, 5.41) is 11.9. The maximum absolute atomic E-state index is 13.2. The van der Waals surface area contributed by atoms with Gasteiger partial charge in [0.2, 0.25) is 11.8 Å². The quantitative estimate of drug-likeness (QED) is 0.350. The van der Waals surface area contributed by atoms with Crippen LogP contribution in [0.25, 0.3) is 0 Å². The normalized spacial score (nSPS) is 11.7. The number of hydrogen-bond acceptors (Lipinski definition) is 3. The van der Waals surface area contributed by atoms with Crippen LogP contribution in [0.5, 0.6) is 0 Å². The number of hydrogen-bond donors (Lipinski definition) is 2. The van der Waals surface area contributed by atoms with Gasteiger partial charge in [-0.1, -0.05) is 51.7 Å². The predicted octanol–water partition coefficient (Wildman–Crippen LogP) is 4.62. The number of aryl methyl sites for hydroxylation is 1. The van der Waals surface area contributed by atoms with E-state index in [0.29, 0.717) is 18.8 Å². The van der Waals surface area contributed by atoms with Crippen LogP contribution in [0, 0.1) is 12.8 Å². The Morgan fingerprint density at radius 1 is 1.03 bits per heavy atom. The number of carbonyl (C=O) groups is 3. The summed E-state index contributed by atoms with van der Waals surface area (Å²) >= 11 is 0. The van der Waals surface area contributed by atoms with Crippen LogP contribution in [-0.2, 0) is 14.4 Å². The number of benzene rings is 1. The van der Waals surface area contributed by atoms with E-state index in [9.17, 15) is 14.4 Å². The number of amides is 2. The number of carbonyl (C=O) groups excluding carboxylic acids is 2. The van der Waals surface area contributed by atoms with Crippen LogP contribution in [-0.4, -0.2) is 40.9 Å². The molecule has 0 aliphatic rings. The number of carboxylic acid groups (broad SMARTS) is 1. The fourth-order valence-electron chi connectivity index (χ4n) is 3.24. The van der Waals surface area contributed by atoms with Gasteiger partial charge in [-0.15, -0.1) is 0 Å². The van der Waals surface area contributed by atoms with Crippen molar-refractivity contribution in [3.8, 4) is 0 Å². The van der Waals surface area contributed by atoms with Crippen molar-refractivity contribution in [2.75, 3.05) is 18.4 Å². The highest BCUT2D eigenvalue weighted by Crippen LogP contribution is 2.18. The number of nitrogens with zero attached hydrogens (tertiary/aromatic N) is 1. The molecular formula is C23H36N2O4. The summed E-state index contributed by atoms with van der Waals surface area (Å²) in [6, 6.07) is 7.35. The Kier molecular flexibility index (Phi) is 11.7. The maximum Gasteiger partial charge on any atom is 0.303 e. The number of unbranched alkanes of at least 4 members (excludes halogenated alkanes) is 4. The highest BCUT2D eigenvalue weighted by Gasteiger charge is 2.31. The average molecular weight is 405 g/mol. The van der Waals surface area contributed by atoms with Gasteiger partial charge in [-0.05, 0) is 43.9 Å². The van der Waals surface area contributed by atoms with Gasteiger partial charge < -0.3 is 15.3 Å². The largest absolute Gasteiger partial charge is 0.481 e. The molecule has 29 heavy (non-hydrogen) atoms. The second-order valence-corrected chi connectivity index (χ2v) is 7.58. The van der Waals surface area contributed by atoms with Gasteiger partial charge in [0.15, 0.2) is 0 Å². The molecule has 0 heterocycles. The molecule has 0 bridgehead atoms. The Labute approximate surface area is 174 Å². The third-order valence-corrected chi connectivity index (χ3v) is 4.92. The first-order chi connectivity index (χ1) is 13.9. The standard InChI is InChI=1S/C23H36N2O4/c1-4-6-8-15-25(16-9-7-5-2)23(29)20(13-14-21(26)27)22(28)24-19-12-10-11-18(3)17-19/h10-12,17,20H,4-9,13-16H2,1-3H3,(H,24,28)(H,26,27). The van der Waals surface area contributed by atoms with Crippen LogP contribution in [0.1, 0.15) is 70.8 Å². The molecule has 1 rings (SSSR count). The lowest BCUT2D eigenvalue weighted by Gasteiger charge is -2.27. The van der Waals surface area contributed by atoms with Gasteiger partial charge in [0.1, 0.15) is 5.92 Å². The molecule has 0 fully saturated rings. The first-order valence-electron chi connectivity index (χ1n) is 10.8. The lowest BCUT2D eigenvalue weighted by Crippen LogP contribution is -2.42. The first kappa shape index (κ1) is 24.7. The van der Waals surface area contributed by atoms with Gasteiger partial charge in [-0.2, -0.15) is 0 Å². The molecule has 2 N–H and O–H groups in total. The second-order valence-electron chi connectivity index (χ2n) is 7.58. The first-order valence-corrected chi connectivity index (χ1v) is 10.8. The number of nitrogens with one attached hydrogen (secondary N) is 1. The van der Waals surface area contributed by atoms with Crippen molar-refractivity contribution in [2.45, 2.75) is 72.1 Å². The highest BCUT2D eigenvalue weighted by molar-refractivity contribution is 6.06. The summed E-state index contributed by atoms with van der Waals surface area (Å²) in [7, 11) is 0. The van der Waals surface area contributed by atoms with Crippen LogP contribution in [0.3, 0.4) is 0 Å². The van der Waals surface area contributed by atoms with Gasteiger partial charge in [0, 0.05) is 25.2 Å². The Balaban J connectivity index is 2.94. The fraction of sp³-hybridized carbons (Fsp3) is 0.609. The van der Waals surface area contributed by atoms with Gasteiger partial charge in [0.05, 0.1) is 0 Å². The number of aliphatic carboxylic acids is 1. The summed E-state index contributed by atoms with van der Waals surface area (Å²) in [4.78, 5) is 39.0. The van der Waals surface area contributed by atoms with E-state index in [2.05, 4.69) is 19.2 Å². The van der Waals surface area contributed by atoms with E-state index in [0.717, 1.165) is 44.1 Å². The Morgan fingerprint density at radius 2 is 1.66 bits per heavy atom. The zero-order valence-electron chi connectivity index (χ0n) is 18.1. The van der Waals surface area contributed by atoms with Crippen molar-refractivity contribution >= 4 is 23.5 Å². The van der Waals surface area contributed by atoms with Gasteiger partial charge in [-0.3, -0.25) is 14.4 Å². The van der Waals surface area contributed by atoms with Gasteiger partial charge >= 0.3 is 5.97 Å². The van der Waals surface area contributed by atoms with Crippen molar-refractivity contribution < 1.29 is 19.5 Å². The van der Waals surface area contributed by atoms with Crippen molar-refractivity contribution in [2.24, 2.45) is 5.92 Å². The molecule has 0 saturated heterocycles. The van der Waals surface area contributed by atoms with E-state index in [4.69, 9.17) is 5.11 Å². The smallest absolute Gasteiger partial charge is 0.303 e. The minimum atomic E-state index is -1.00. The second kappa shape index (κ2) is 13.7. The van der Waals surface area contributed by atoms with Crippen LogP contribution in [0.4, 0.5) is 5.69 Å². The molecule has 0 saturated carbocycles.